The standard InChI is InChI=1S/C14H17F3N2O2/c15-14(16,17)11-3-1-2-10(6-11)12(20)8-19-13(21)18-7-9-4-5-9/h1-3,6,9,12,20H,4-5,7-8H2,(H2,18,19,21)/t12-/m1/s1. The molecule has 7 heteroatoms. The van der Waals surface area contributed by atoms with Crippen LogP contribution in [0.2, 0.25) is 0 Å². The summed E-state index contributed by atoms with van der Waals surface area (Å²) in [6, 6.07) is 4.02. The monoisotopic (exact) mass is 302 g/mol. The van der Waals surface area contributed by atoms with E-state index in [2.05, 4.69) is 10.6 Å². The molecule has 21 heavy (non-hydrogen) atoms. The topological polar surface area (TPSA) is 61.4 Å². The van der Waals surface area contributed by atoms with E-state index in [1.165, 1.54) is 12.1 Å². The number of benzene rings is 1. The normalized spacial score (nSPS) is 16.4. The van der Waals surface area contributed by atoms with Crippen LogP contribution in [0, 0.1) is 5.92 Å². The first-order chi connectivity index (χ1) is 9.86. The van der Waals surface area contributed by atoms with Crippen molar-refractivity contribution in [1.29, 1.82) is 0 Å². The van der Waals surface area contributed by atoms with E-state index in [-0.39, 0.29) is 12.1 Å². The van der Waals surface area contributed by atoms with Gasteiger partial charge in [0.1, 0.15) is 0 Å². The van der Waals surface area contributed by atoms with Gasteiger partial charge in [-0.2, -0.15) is 13.2 Å². The second-order valence-corrected chi connectivity index (χ2v) is 5.17. The summed E-state index contributed by atoms with van der Waals surface area (Å²) in [5.74, 6) is 0.532. The van der Waals surface area contributed by atoms with Gasteiger partial charge in [-0.05, 0) is 36.5 Å². The Kier molecular flexibility index (Phi) is 4.72. The Morgan fingerprint density at radius 2 is 2.05 bits per heavy atom. The zero-order chi connectivity index (χ0) is 15.5. The van der Waals surface area contributed by atoms with Gasteiger partial charge in [-0.25, -0.2) is 4.79 Å². The van der Waals surface area contributed by atoms with Gasteiger partial charge in [-0.1, -0.05) is 12.1 Å². The molecular formula is C14H17F3N2O2. The number of carbonyl (C=O) groups excluding carboxylic acids is 1. The first-order valence-corrected chi connectivity index (χ1v) is 6.73. The minimum Gasteiger partial charge on any atom is -0.387 e. The lowest BCUT2D eigenvalue weighted by molar-refractivity contribution is -0.137. The number of halogens is 3. The summed E-state index contributed by atoms with van der Waals surface area (Å²) in [6.07, 6.45) is -3.43. The van der Waals surface area contributed by atoms with Gasteiger partial charge >= 0.3 is 12.2 Å². The second-order valence-electron chi connectivity index (χ2n) is 5.17. The SMILES string of the molecule is O=C(NCC1CC1)NC[C@@H](O)c1cccc(C(F)(F)F)c1. The molecule has 116 valence electrons. The molecule has 1 aromatic carbocycles. The molecule has 1 aliphatic rings. The average Bonchev–Trinajstić information content (AvgIpc) is 3.26. The van der Waals surface area contributed by atoms with Crippen molar-refractivity contribution in [3.05, 3.63) is 35.4 Å². The second kappa shape index (κ2) is 6.34. The lowest BCUT2D eigenvalue weighted by Gasteiger charge is -2.15. The maximum absolute atomic E-state index is 12.6. The van der Waals surface area contributed by atoms with E-state index in [1.54, 1.807) is 0 Å². The van der Waals surface area contributed by atoms with Gasteiger partial charge in [0, 0.05) is 13.1 Å². The fourth-order valence-corrected chi connectivity index (χ4v) is 1.85. The highest BCUT2D eigenvalue weighted by Gasteiger charge is 2.30. The zero-order valence-electron chi connectivity index (χ0n) is 11.3. The number of hydrogen-bond acceptors (Lipinski definition) is 2. The minimum absolute atomic E-state index is 0.118. The van der Waals surface area contributed by atoms with Crippen LogP contribution in [0.3, 0.4) is 0 Å². The fraction of sp³-hybridized carbons (Fsp3) is 0.500. The summed E-state index contributed by atoms with van der Waals surface area (Å²) >= 11 is 0. The molecule has 2 amide bonds. The van der Waals surface area contributed by atoms with Crippen molar-refractivity contribution in [3.63, 3.8) is 0 Å². The molecule has 0 aliphatic heterocycles. The molecule has 1 aromatic rings. The number of hydrogen-bond donors (Lipinski definition) is 3. The Balaban J connectivity index is 1.84. The lowest BCUT2D eigenvalue weighted by Crippen LogP contribution is -2.38. The summed E-state index contributed by atoms with van der Waals surface area (Å²) in [7, 11) is 0. The van der Waals surface area contributed by atoms with Crippen LogP contribution >= 0.6 is 0 Å². The van der Waals surface area contributed by atoms with Gasteiger partial charge in [0.25, 0.3) is 0 Å². The van der Waals surface area contributed by atoms with Gasteiger partial charge in [0.05, 0.1) is 11.7 Å². The van der Waals surface area contributed by atoms with Crippen LogP contribution < -0.4 is 10.6 Å². The van der Waals surface area contributed by atoms with Crippen molar-refractivity contribution >= 4 is 6.03 Å². The first-order valence-electron chi connectivity index (χ1n) is 6.73. The summed E-state index contributed by atoms with van der Waals surface area (Å²) in [4.78, 5) is 11.4. The Hall–Kier alpha value is -1.76. The molecule has 1 atom stereocenters. The van der Waals surface area contributed by atoms with E-state index in [1.807, 2.05) is 0 Å². The summed E-state index contributed by atoms with van der Waals surface area (Å²) < 4.78 is 37.7. The molecule has 0 bridgehead atoms. The summed E-state index contributed by atoms with van der Waals surface area (Å²) in [6.45, 7) is 0.448. The Morgan fingerprint density at radius 1 is 1.33 bits per heavy atom. The lowest BCUT2D eigenvalue weighted by atomic mass is 10.1. The minimum atomic E-state index is -4.45. The van der Waals surface area contributed by atoms with Crippen molar-refractivity contribution in [1.82, 2.24) is 10.6 Å². The van der Waals surface area contributed by atoms with E-state index >= 15 is 0 Å². The van der Waals surface area contributed by atoms with E-state index in [0.29, 0.717) is 12.5 Å². The third-order valence-corrected chi connectivity index (χ3v) is 3.30. The van der Waals surface area contributed by atoms with E-state index in [9.17, 15) is 23.1 Å². The Labute approximate surface area is 120 Å². The van der Waals surface area contributed by atoms with Crippen LogP contribution in [-0.2, 0) is 6.18 Å². The summed E-state index contributed by atoms with van der Waals surface area (Å²) in [5.41, 5.74) is -0.704. The van der Waals surface area contributed by atoms with E-state index < -0.39 is 23.9 Å². The molecule has 1 saturated carbocycles. The molecule has 0 saturated heterocycles. The molecule has 2 rings (SSSR count). The highest BCUT2D eigenvalue weighted by atomic mass is 19.4. The number of nitrogens with one attached hydrogen (secondary N) is 2. The van der Waals surface area contributed by atoms with Crippen LogP contribution in [-0.4, -0.2) is 24.2 Å². The molecule has 4 nitrogen and oxygen atoms in total. The van der Waals surface area contributed by atoms with Crippen LogP contribution in [0.4, 0.5) is 18.0 Å². The molecule has 1 aliphatic carbocycles. The number of aliphatic hydroxyl groups excluding tert-OH is 1. The molecule has 0 heterocycles. The first kappa shape index (κ1) is 15.6. The molecule has 3 N–H and O–H groups in total. The number of rotatable bonds is 5. The van der Waals surface area contributed by atoms with E-state index in [4.69, 9.17) is 0 Å². The van der Waals surface area contributed by atoms with Crippen LogP contribution in [0.1, 0.15) is 30.1 Å². The number of alkyl halides is 3. The summed E-state index contributed by atoms with van der Waals surface area (Å²) in [5, 5.41) is 14.9. The van der Waals surface area contributed by atoms with Gasteiger partial charge in [-0.3, -0.25) is 0 Å². The van der Waals surface area contributed by atoms with Crippen molar-refractivity contribution < 1.29 is 23.1 Å². The third-order valence-electron chi connectivity index (χ3n) is 3.30. The van der Waals surface area contributed by atoms with Gasteiger partial charge in [0.2, 0.25) is 0 Å². The smallest absolute Gasteiger partial charge is 0.387 e. The number of carbonyl (C=O) groups is 1. The quantitative estimate of drug-likeness (QED) is 0.782. The van der Waals surface area contributed by atoms with Gasteiger partial charge in [0.15, 0.2) is 0 Å². The average molecular weight is 302 g/mol. The number of aliphatic hydroxyl groups is 1. The van der Waals surface area contributed by atoms with Gasteiger partial charge < -0.3 is 15.7 Å². The van der Waals surface area contributed by atoms with Crippen molar-refractivity contribution in [2.24, 2.45) is 5.92 Å². The van der Waals surface area contributed by atoms with Crippen molar-refractivity contribution in [3.8, 4) is 0 Å². The molecule has 0 radical (unpaired) electrons. The number of urea groups is 1. The van der Waals surface area contributed by atoms with E-state index in [0.717, 1.165) is 25.0 Å². The van der Waals surface area contributed by atoms with Crippen LogP contribution in [0.5, 0.6) is 0 Å². The number of amides is 2. The maximum Gasteiger partial charge on any atom is 0.416 e. The predicted octanol–water partition coefficient (Wildman–Crippen LogP) is 2.45. The largest absolute Gasteiger partial charge is 0.416 e. The maximum atomic E-state index is 12.6. The molecule has 1 fully saturated rings. The van der Waals surface area contributed by atoms with Gasteiger partial charge in [-0.15, -0.1) is 0 Å². The van der Waals surface area contributed by atoms with Crippen molar-refractivity contribution in [2.75, 3.05) is 13.1 Å². The predicted molar refractivity (Wildman–Crippen MR) is 70.5 cm³/mol. The third kappa shape index (κ3) is 4.93. The van der Waals surface area contributed by atoms with Crippen molar-refractivity contribution in [2.45, 2.75) is 25.1 Å². The molecular weight excluding hydrogens is 285 g/mol. The molecule has 0 aromatic heterocycles. The highest BCUT2D eigenvalue weighted by molar-refractivity contribution is 5.73. The Bertz CT molecular complexity index is 501. The Morgan fingerprint density at radius 3 is 2.67 bits per heavy atom. The van der Waals surface area contributed by atoms with Crippen LogP contribution in [0.25, 0.3) is 0 Å². The highest BCUT2D eigenvalue weighted by Crippen LogP contribution is 2.30. The fourth-order valence-electron chi connectivity index (χ4n) is 1.85. The van der Waals surface area contributed by atoms with Crippen LogP contribution in [0.15, 0.2) is 24.3 Å². The molecule has 0 unspecified atom stereocenters. The molecule has 0 spiro atoms. The zero-order valence-corrected chi connectivity index (χ0v) is 11.3.